The highest BCUT2D eigenvalue weighted by Crippen LogP contribution is 2.26. The Morgan fingerprint density at radius 2 is 2.22 bits per heavy atom. The summed E-state index contributed by atoms with van der Waals surface area (Å²) in [5, 5.41) is 13.4. The van der Waals surface area contributed by atoms with E-state index in [9.17, 15) is 14.9 Å². The average molecular weight is 275 g/mol. The second kappa shape index (κ2) is 6.10. The zero-order valence-electron chi connectivity index (χ0n) is 9.77. The van der Waals surface area contributed by atoms with E-state index in [1.807, 2.05) is 0 Å². The summed E-state index contributed by atoms with van der Waals surface area (Å²) in [6, 6.07) is 0. The third-order valence-corrected chi connectivity index (χ3v) is 2.23. The molecule has 0 fully saturated rings. The third-order valence-electron chi connectivity index (χ3n) is 2.06. The maximum atomic E-state index is 10.9. The van der Waals surface area contributed by atoms with Crippen LogP contribution in [0.2, 0.25) is 5.28 Å². The number of aryl methyl sites for hydroxylation is 1. The van der Waals surface area contributed by atoms with E-state index in [4.69, 9.17) is 11.6 Å². The average Bonchev–Trinajstić information content (AvgIpc) is 2.27. The molecule has 8 nitrogen and oxygen atoms in total. The van der Waals surface area contributed by atoms with Crippen molar-refractivity contribution in [1.29, 1.82) is 0 Å². The van der Waals surface area contributed by atoms with Gasteiger partial charge >= 0.3 is 11.7 Å². The minimum absolute atomic E-state index is 0.0126. The molecule has 0 spiro atoms. The first-order valence-corrected chi connectivity index (χ1v) is 5.32. The molecule has 0 aliphatic rings. The van der Waals surface area contributed by atoms with Gasteiger partial charge in [0.2, 0.25) is 11.1 Å². The van der Waals surface area contributed by atoms with Crippen LogP contribution in [0.25, 0.3) is 0 Å². The molecule has 98 valence electrons. The SMILES string of the molecule is COC(=O)CCNc1nc(Cl)nc(C)c1[N+](=O)[O-]. The summed E-state index contributed by atoms with van der Waals surface area (Å²) in [6.07, 6.45) is 0.0638. The van der Waals surface area contributed by atoms with Crippen LogP contribution >= 0.6 is 11.6 Å². The first-order chi connectivity index (χ1) is 8.45. The van der Waals surface area contributed by atoms with Gasteiger partial charge in [-0.1, -0.05) is 0 Å². The Kier molecular flexibility index (Phi) is 4.78. The minimum atomic E-state index is -0.605. The van der Waals surface area contributed by atoms with Crippen molar-refractivity contribution in [3.63, 3.8) is 0 Å². The predicted octanol–water partition coefficient (Wildman–Crippen LogP) is 1.32. The molecule has 0 bridgehead atoms. The van der Waals surface area contributed by atoms with Gasteiger partial charge in [-0.05, 0) is 18.5 Å². The lowest BCUT2D eigenvalue weighted by molar-refractivity contribution is -0.385. The van der Waals surface area contributed by atoms with Crippen LogP contribution in [-0.2, 0) is 9.53 Å². The standard InChI is InChI=1S/C9H11ClN4O4/c1-5-7(14(16)17)8(13-9(10)12-5)11-4-3-6(15)18-2/h3-4H2,1-2H3,(H,11,12,13). The molecule has 0 atom stereocenters. The monoisotopic (exact) mass is 274 g/mol. The highest BCUT2D eigenvalue weighted by atomic mass is 35.5. The molecule has 1 aromatic rings. The van der Waals surface area contributed by atoms with Gasteiger partial charge in [-0.2, -0.15) is 4.98 Å². The summed E-state index contributed by atoms with van der Waals surface area (Å²) >= 11 is 5.62. The number of carbonyl (C=O) groups excluding carboxylic acids is 1. The van der Waals surface area contributed by atoms with E-state index >= 15 is 0 Å². The van der Waals surface area contributed by atoms with Crippen molar-refractivity contribution in [2.45, 2.75) is 13.3 Å². The van der Waals surface area contributed by atoms with E-state index in [1.165, 1.54) is 14.0 Å². The lowest BCUT2D eigenvalue weighted by atomic mass is 10.3. The van der Waals surface area contributed by atoms with Gasteiger partial charge in [0.1, 0.15) is 5.69 Å². The molecule has 0 saturated heterocycles. The van der Waals surface area contributed by atoms with Crippen LogP contribution in [-0.4, -0.2) is 34.5 Å². The number of ether oxygens (including phenoxy) is 1. The van der Waals surface area contributed by atoms with Crippen LogP contribution < -0.4 is 5.32 Å². The van der Waals surface area contributed by atoms with Crippen LogP contribution in [0.5, 0.6) is 0 Å². The number of nitrogens with zero attached hydrogens (tertiary/aromatic N) is 3. The normalized spacial score (nSPS) is 9.94. The number of carbonyl (C=O) groups is 1. The van der Waals surface area contributed by atoms with Gasteiger partial charge in [0, 0.05) is 6.54 Å². The molecule has 0 aliphatic heterocycles. The topological polar surface area (TPSA) is 107 Å². The number of anilines is 1. The Balaban J connectivity index is 2.87. The molecule has 1 N–H and O–H groups in total. The van der Waals surface area contributed by atoms with Crippen molar-refractivity contribution in [3.8, 4) is 0 Å². The van der Waals surface area contributed by atoms with Crippen molar-refractivity contribution in [2.24, 2.45) is 0 Å². The smallest absolute Gasteiger partial charge is 0.332 e. The van der Waals surface area contributed by atoms with Crippen molar-refractivity contribution in [3.05, 3.63) is 21.1 Å². The van der Waals surface area contributed by atoms with Gasteiger partial charge in [-0.3, -0.25) is 14.9 Å². The van der Waals surface area contributed by atoms with Gasteiger partial charge in [-0.15, -0.1) is 0 Å². The Bertz CT molecular complexity index is 480. The number of nitrogens with one attached hydrogen (secondary N) is 1. The number of halogens is 1. The molecule has 0 amide bonds. The van der Waals surface area contributed by atoms with Gasteiger partial charge in [0.15, 0.2) is 0 Å². The van der Waals surface area contributed by atoms with Crippen molar-refractivity contribution >= 4 is 29.1 Å². The number of aromatic nitrogens is 2. The highest BCUT2D eigenvalue weighted by molar-refractivity contribution is 6.28. The van der Waals surface area contributed by atoms with Gasteiger partial charge < -0.3 is 10.1 Å². The van der Waals surface area contributed by atoms with E-state index in [1.54, 1.807) is 0 Å². The lowest BCUT2D eigenvalue weighted by Crippen LogP contribution is -2.12. The maximum absolute atomic E-state index is 10.9. The molecule has 0 aromatic carbocycles. The molecule has 9 heteroatoms. The molecule has 1 heterocycles. The van der Waals surface area contributed by atoms with E-state index in [-0.39, 0.29) is 35.4 Å². The molecule has 1 rings (SSSR count). The number of hydrogen-bond acceptors (Lipinski definition) is 7. The van der Waals surface area contributed by atoms with E-state index in [0.29, 0.717) is 0 Å². The molecule has 18 heavy (non-hydrogen) atoms. The minimum Gasteiger partial charge on any atom is -0.469 e. The van der Waals surface area contributed by atoms with E-state index in [0.717, 1.165) is 0 Å². The first-order valence-electron chi connectivity index (χ1n) is 4.95. The molecule has 1 aromatic heterocycles. The zero-order valence-corrected chi connectivity index (χ0v) is 10.5. The van der Waals surface area contributed by atoms with Crippen LogP contribution in [0.1, 0.15) is 12.1 Å². The second-order valence-electron chi connectivity index (χ2n) is 3.29. The number of methoxy groups -OCH3 is 1. The third kappa shape index (κ3) is 3.52. The van der Waals surface area contributed by atoms with Crippen molar-refractivity contribution < 1.29 is 14.5 Å². The summed E-state index contributed by atoms with van der Waals surface area (Å²) in [4.78, 5) is 28.6. The quantitative estimate of drug-likeness (QED) is 0.373. The van der Waals surface area contributed by atoms with Crippen LogP contribution in [0, 0.1) is 17.0 Å². The zero-order chi connectivity index (χ0) is 13.7. The van der Waals surface area contributed by atoms with E-state index in [2.05, 4.69) is 20.0 Å². The van der Waals surface area contributed by atoms with Gasteiger partial charge in [0.05, 0.1) is 18.5 Å². The molecule has 0 saturated carbocycles. The van der Waals surface area contributed by atoms with Gasteiger partial charge in [-0.25, -0.2) is 4.98 Å². The summed E-state index contributed by atoms with van der Waals surface area (Å²) in [6.45, 7) is 1.61. The van der Waals surface area contributed by atoms with Crippen LogP contribution in [0.15, 0.2) is 0 Å². The number of rotatable bonds is 5. The summed E-state index contributed by atoms with van der Waals surface area (Å²) in [5.41, 5.74) is -0.107. The van der Waals surface area contributed by atoms with Crippen LogP contribution in [0.3, 0.4) is 0 Å². The van der Waals surface area contributed by atoms with Crippen molar-refractivity contribution in [1.82, 2.24) is 9.97 Å². The molecule has 0 aliphatic carbocycles. The van der Waals surface area contributed by atoms with E-state index < -0.39 is 10.9 Å². The summed E-state index contributed by atoms with van der Waals surface area (Å²) < 4.78 is 4.44. The molecular weight excluding hydrogens is 264 g/mol. The Morgan fingerprint density at radius 1 is 1.56 bits per heavy atom. The van der Waals surface area contributed by atoms with Crippen LogP contribution in [0.4, 0.5) is 11.5 Å². The predicted molar refractivity (Wildman–Crippen MR) is 63.6 cm³/mol. The lowest BCUT2D eigenvalue weighted by Gasteiger charge is -2.07. The fourth-order valence-corrected chi connectivity index (χ4v) is 1.47. The number of esters is 1. The number of nitro groups is 1. The Labute approximate surface area is 107 Å². The van der Waals surface area contributed by atoms with Gasteiger partial charge in [0.25, 0.3) is 0 Å². The second-order valence-corrected chi connectivity index (χ2v) is 3.62. The maximum Gasteiger partial charge on any atom is 0.332 e. The fraction of sp³-hybridized carbons (Fsp3) is 0.444. The first kappa shape index (κ1) is 14.1. The molecule has 0 radical (unpaired) electrons. The Morgan fingerprint density at radius 3 is 2.78 bits per heavy atom. The molecular formula is C9H11ClN4O4. The highest BCUT2D eigenvalue weighted by Gasteiger charge is 2.21. The summed E-state index contributed by atoms with van der Waals surface area (Å²) in [7, 11) is 1.26. The Hall–Kier alpha value is -1.96. The molecule has 0 unspecified atom stereocenters. The van der Waals surface area contributed by atoms with Crippen molar-refractivity contribution in [2.75, 3.05) is 19.0 Å². The largest absolute Gasteiger partial charge is 0.469 e. The fourth-order valence-electron chi connectivity index (χ4n) is 1.26. The number of hydrogen-bond donors (Lipinski definition) is 1. The summed E-state index contributed by atoms with van der Waals surface area (Å²) in [5.74, 6) is -0.441.